The molecule has 1 rings (SSSR count). The van der Waals surface area contributed by atoms with Gasteiger partial charge in [0.2, 0.25) is 5.91 Å². The van der Waals surface area contributed by atoms with Crippen LogP contribution in [0.5, 0.6) is 0 Å². The van der Waals surface area contributed by atoms with Gasteiger partial charge in [0.1, 0.15) is 0 Å². The van der Waals surface area contributed by atoms with Crippen LogP contribution in [-0.2, 0) is 4.79 Å². The number of nitrogens with zero attached hydrogens (tertiary/aromatic N) is 1. The van der Waals surface area contributed by atoms with Crippen molar-refractivity contribution in [2.75, 3.05) is 26.7 Å². The van der Waals surface area contributed by atoms with Crippen molar-refractivity contribution >= 4 is 5.91 Å². The monoisotopic (exact) mass is 227 g/mol. The number of rotatable bonds is 5. The van der Waals surface area contributed by atoms with Crippen LogP contribution in [0, 0.1) is 5.92 Å². The summed E-state index contributed by atoms with van der Waals surface area (Å²) in [5.74, 6) is 0.326. The molecule has 1 unspecified atom stereocenters. The second kappa shape index (κ2) is 5.64. The van der Waals surface area contributed by atoms with Gasteiger partial charge in [-0.2, -0.15) is 0 Å². The zero-order chi connectivity index (χ0) is 12.2. The van der Waals surface area contributed by atoms with Crippen molar-refractivity contribution in [2.24, 2.45) is 11.7 Å². The molecule has 0 radical (unpaired) electrons. The van der Waals surface area contributed by atoms with Gasteiger partial charge in [-0.05, 0) is 32.9 Å². The smallest absolute Gasteiger partial charge is 0.224 e. The lowest BCUT2D eigenvalue weighted by Crippen LogP contribution is -2.54. The Morgan fingerprint density at radius 1 is 1.50 bits per heavy atom. The molecule has 0 aromatic heterocycles. The third kappa shape index (κ3) is 2.95. The molecule has 0 aromatic carbocycles. The van der Waals surface area contributed by atoms with Gasteiger partial charge in [-0.15, -0.1) is 0 Å². The summed E-state index contributed by atoms with van der Waals surface area (Å²) in [4.78, 5) is 14.3. The average Bonchev–Trinajstić information content (AvgIpc) is 2.73. The standard InChI is InChI=1S/C12H25N3O/c1-4-12(5-2,9-13)14-11(16)10-6-7-15(3)8-10/h10H,4-9,13H2,1-3H3,(H,14,16). The van der Waals surface area contributed by atoms with E-state index in [1.165, 1.54) is 0 Å². The molecule has 94 valence electrons. The number of carbonyl (C=O) groups is 1. The highest BCUT2D eigenvalue weighted by Crippen LogP contribution is 2.18. The molecule has 16 heavy (non-hydrogen) atoms. The Labute approximate surface area is 98.6 Å². The van der Waals surface area contributed by atoms with Gasteiger partial charge in [0, 0.05) is 13.1 Å². The lowest BCUT2D eigenvalue weighted by molar-refractivity contribution is -0.126. The first kappa shape index (κ1) is 13.5. The minimum absolute atomic E-state index is 0.147. The van der Waals surface area contributed by atoms with Gasteiger partial charge >= 0.3 is 0 Å². The van der Waals surface area contributed by atoms with Gasteiger partial charge in [-0.1, -0.05) is 13.8 Å². The Kier molecular flexibility index (Phi) is 4.74. The first-order valence-electron chi connectivity index (χ1n) is 6.27. The van der Waals surface area contributed by atoms with Crippen LogP contribution in [0.2, 0.25) is 0 Å². The fraction of sp³-hybridized carbons (Fsp3) is 0.917. The fourth-order valence-corrected chi connectivity index (χ4v) is 2.28. The van der Waals surface area contributed by atoms with E-state index in [-0.39, 0.29) is 17.4 Å². The Bertz CT molecular complexity index is 230. The lowest BCUT2D eigenvalue weighted by Gasteiger charge is -2.32. The van der Waals surface area contributed by atoms with Crippen LogP contribution in [0.15, 0.2) is 0 Å². The maximum atomic E-state index is 12.1. The third-order valence-corrected chi connectivity index (χ3v) is 3.89. The highest BCUT2D eigenvalue weighted by Gasteiger charge is 2.32. The summed E-state index contributed by atoms with van der Waals surface area (Å²) in [7, 11) is 2.06. The largest absolute Gasteiger partial charge is 0.349 e. The lowest BCUT2D eigenvalue weighted by atomic mass is 9.92. The molecule has 1 amide bonds. The van der Waals surface area contributed by atoms with Gasteiger partial charge in [-0.25, -0.2) is 0 Å². The molecule has 0 saturated carbocycles. The van der Waals surface area contributed by atoms with Crippen molar-refractivity contribution < 1.29 is 4.79 Å². The zero-order valence-corrected chi connectivity index (χ0v) is 10.8. The molecule has 0 bridgehead atoms. The van der Waals surface area contributed by atoms with E-state index >= 15 is 0 Å². The molecule has 1 atom stereocenters. The molecular formula is C12H25N3O. The normalized spacial score (nSPS) is 22.4. The van der Waals surface area contributed by atoms with Crippen LogP contribution in [-0.4, -0.2) is 43.0 Å². The summed E-state index contributed by atoms with van der Waals surface area (Å²) < 4.78 is 0. The fourth-order valence-electron chi connectivity index (χ4n) is 2.28. The maximum Gasteiger partial charge on any atom is 0.224 e. The Hall–Kier alpha value is -0.610. The molecule has 1 fully saturated rings. The quantitative estimate of drug-likeness (QED) is 0.722. The van der Waals surface area contributed by atoms with Gasteiger partial charge in [-0.3, -0.25) is 4.79 Å². The van der Waals surface area contributed by atoms with Crippen LogP contribution < -0.4 is 11.1 Å². The van der Waals surface area contributed by atoms with Crippen molar-refractivity contribution in [3.05, 3.63) is 0 Å². The van der Waals surface area contributed by atoms with Crippen LogP contribution in [0.1, 0.15) is 33.1 Å². The Balaban J connectivity index is 2.55. The second-order valence-corrected chi connectivity index (χ2v) is 4.93. The molecule has 1 saturated heterocycles. The molecule has 1 aliphatic heterocycles. The van der Waals surface area contributed by atoms with Crippen molar-refractivity contribution in [2.45, 2.75) is 38.6 Å². The molecule has 3 N–H and O–H groups in total. The summed E-state index contributed by atoms with van der Waals surface area (Å²) in [5.41, 5.74) is 5.58. The van der Waals surface area contributed by atoms with E-state index in [1.807, 2.05) is 0 Å². The molecule has 4 nitrogen and oxygen atoms in total. The van der Waals surface area contributed by atoms with E-state index in [1.54, 1.807) is 0 Å². The van der Waals surface area contributed by atoms with Crippen LogP contribution >= 0.6 is 0 Å². The summed E-state index contributed by atoms with van der Waals surface area (Å²) in [6.45, 7) is 6.58. The number of amides is 1. The van der Waals surface area contributed by atoms with Crippen molar-refractivity contribution in [1.82, 2.24) is 10.2 Å². The van der Waals surface area contributed by atoms with E-state index in [4.69, 9.17) is 5.73 Å². The first-order valence-corrected chi connectivity index (χ1v) is 6.27. The highest BCUT2D eigenvalue weighted by atomic mass is 16.2. The van der Waals surface area contributed by atoms with Crippen molar-refractivity contribution in [3.63, 3.8) is 0 Å². The number of likely N-dealkylation sites (tertiary alicyclic amines) is 1. The number of hydrogen-bond acceptors (Lipinski definition) is 3. The van der Waals surface area contributed by atoms with E-state index in [0.29, 0.717) is 6.54 Å². The summed E-state index contributed by atoms with van der Waals surface area (Å²) in [6.07, 6.45) is 2.76. The summed E-state index contributed by atoms with van der Waals surface area (Å²) >= 11 is 0. The van der Waals surface area contributed by atoms with Gasteiger partial charge in [0.15, 0.2) is 0 Å². The van der Waals surface area contributed by atoms with Gasteiger partial charge < -0.3 is 16.0 Å². The predicted molar refractivity (Wildman–Crippen MR) is 66.1 cm³/mol. The SMILES string of the molecule is CCC(CC)(CN)NC(=O)C1CCN(C)C1. The summed E-state index contributed by atoms with van der Waals surface area (Å²) in [6, 6.07) is 0. The minimum atomic E-state index is -0.196. The average molecular weight is 227 g/mol. The first-order chi connectivity index (χ1) is 7.56. The maximum absolute atomic E-state index is 12.1. The van der Waals surface area contributed by atoms with Crippen LogP contribution in [0.25, 0.3) is 0 Å². The molecule has 1 aliphatic rings. The molecule has 4 heteroatoms. The van der Waals surface area contributed by atoms with E-state index in [9.17, 15) is 4.79 Å². The van der Waals surface area contributed by atoms with Crippen LogP contribution in [0.3, 0.4) is 0 Å². The van der Waals surface area contributed by atoms with Gasteiger partial charge in [0.25, 0.3) is 0 Å². The van der Waals surface area contributed by atoms with Crippen molar-refractivity contribution in [1.29, 1.82) is 0 Å². The molecule has 0 aromatic rings. The highest BCUT2D eigenvalue weighted by molar-refractivity contribution is 5.80. The molecule has 0 aliphatic carbocycles. The zero-order valence-electron chi connectivity index (χ0n) is 10.8. The second-order valence-electron chi connectivity index (χ2n) is 4.93. The number of carbonyl (C=O) groups excluding carboxylic acids is 1. The van der Waals surface area contributed by atoms with Crippen molar-refractivity contribution in [3.8, 4) is 0 Å². The van der Waals surface area contributed by atoms with Gasteiger partial charge in [0.05, 0.1) is 11.5 Å². The number of nitrogens with one attached hydrogen (secondary N) is 1. The van der Waals surface area contributed by atoms with E-state index in [2.05, 4.69) is 31.1 Å². The van der Waals surface area contributed by atoms with E-state index in [0.717, 1.165) is 32.4 Å². The van der Waals surface area contributed by atoms with Crippen LogP contribution in [0.4, 0.5) is 0 Å². The number of hydrogen-bond donors (Lipinski definition) is 2. The van der Waals surface area contributed by atoms with E-state index < -0.39 is 0 Å². The Morgan fingerprint density at radius 3 is 2.50 bits per heavy atom. The minimum Gasteiger partial charge on any atom is -0.349 e. The molecular weight excluding hydrogens is 202 g/mol. The molecule has 0 spiro atoms. The topological polar surface area (TPSA) is 58.4 Å². The Morgan fingerprint density at radius 2 is 2.12 bits per heavy atom. The number of nitrogens with two attached hydrogens (primary N) is 1. The predicted octanol–water partition coefficient (Wildman–Crippen LogP) is 0.572. The third-order valence-electron chi connectivity index (χ3n) is 3.89. The molecule has 1 heterocycles. The summed E-state index contributed by atoms with van der Waals surface area (Å²) in [5, 5.41) is 3.15.